The third-order valence-corrected chi connectivity index (χ3v) is 6.33. The van der Waals surface area contributed by atoms with Crippen LogP contribution in [0.3, 0.4) is 0 Å². The van der Waals surface area contributed by atoms with Crippen LogP contribution >= 0.6 is 0 Å². The molecule has 2 fully saturated rings. The van der Waals surface area contributed by atoms with Crippen LogP contribution in [-0.2, 0) is 9.53 Å². The molecule has 0 saturated carbocycles. The van der Waals surface area contributed by atoms with Gasteiger partial charge >= 0.3 is 0 Å². The Labute approximate surface area is 191 Å². The number of carbonyl (C=O) groups is 1. The number of nitrogens with zero attached hydrogens (tertiary/aromatic N) is 4. The lowest BCUT2D eigenvalue weighted by atomic mass is 9.83. The predicted molar refractivity (Wildman–Crippen MR) is 130 cm³/mol. The molecule has 6 heteroatoms. The van der Waals surface area contributed by atoms with E-state index >= 15 is 0 Å². The van der Waals surface area contributed by atoms with Crippen LogP contribution in [-0.4, -0.2) is 61.2 Å². The number of rotatable bonds is 2. The molecular formula is C26H34N4O2. The summed E-state index contributed by atoms with van der Waals surface area (Å²) in [5, 5.41) is 0. The van der Waals surface area contributed by atoms with E-state index in [1.54, 1.807) is 0 Å². The van der Waals surface area contributed by atoms with Crippen LogP contribution in [0.25, 0.3) is 11.0 Å². The fraction of sp³-hybridized carbons (Fsp3) is 0.423. The van der Waals surface area contributed by atoms with Gasteiger partial charge in [0.25, 0.3) is 6.47 Å². The zero-order chi connectivity index (χ0) is 23.1. The van der Waals surface area contributed by atoms with Gasteiger partial charge in [-0.1, -0.05) is 35.9 Å². The second-order valence-electron chi connectivity index (χ2n) is 8.64. The lowest BCUT2D eigenvalue weighted by Gasteiger charge is -2.52. The summed E-state index contributed by atoms with van der Waals surface area (Å²) in [6.07, 6.45) is 3.20. The Morgan fingerprint density at radius 1 is 1.03 bits per heavy atom. The highest BCUT2D eigenvalue weighted by molar-refractivity contribution is 5.75. The molecule has 0 spiro atoms. The summed E-state index contributed by atoms with van der Waals surface area (Å²) in [6.45, 7) is 10.2. The number of hydrogen-bond donors (Lipinski definition) is 0. The minimum atomic E-state index is 0.375. The molecule has 3 aromatic rings. The molecule has 2 aromatic carbocycles. The summed E-state index contributed by atoms with van der Waals surface area (Å²) in [6, 6.07) is 15.3. The molecule has 170 valence electrons. The second kappa shape index (κ2) is 11.0. The second-order valence-corrected chi connectivity index (χ2v) is 8.64. The quantitative estimate of drug-likeness (QED) is 0.564. The third kappa shape index (κ3) is 5.82. The molecule has 0 bridgehead atoms. The number of benzene rings is 2. The molecule has 2 aliphatic rings. The van der Waals surface area contributed by atoms with Crippen molar-refractivity contribution >= 4 is 23.3 Å². The SMILES string of the molecule is CN1CC2CCN(c3cnc4ccccc4n3)CC21.COC=O.Cc1ccc(C)c(C)c1. The first-order valence-corrected chi connectivity index (χ1v) is 11.1. The summed E-state index contributed by atoms with van der Waals surface area (Å²) in [5.41, 5.74) is 6.07. The van der Waals surface area contributed by atoms with Crippen molar-refractivity contribution in [2.45, 2.75) is 33.2 Å². The van der Waals surface area contributed by atoms with Gasteiger partial charge in [0.05, 0.1) is 24.3 Å². The molecular weight excluding hydrogens is 400 g/mol. The fourth-order valence-electron chi connectivity index (χ4n) is 4.26. The predicted octanol–water partition coefficient (Wildman–Crippen LogP) is 4.17. The normalized spacial score (nSPS) is 19.5. The van der Waals surface area contributed by atoms with Crippen molar-refractivity contribution in [1.29, 1.82) is 0 Å². The van der Waals surface area contributed by atoms with Gasteiger partial charge in [0, 0.05) is 25.7 Å². The Bertz CT molecular complexity index is 1040. The van der Waals surface area contributed by atoms with Gasteiger partial charge in [-0.05, 0) is 63.4 Å². The number of ether oxygens (including phenoxy) is 1. The van der Waals surface area contributed by atoms with E-state index in [0.29, 0.717) is 12.5 Å². The number of fused-ring (bicyclic) bond motifs is 2. The molecule has 6 nitrogen and oxygen atoms in total. The van der Waals surface area contributed by atoms with E-state index in [0.717, 1.165) is 35.9 Å². The average molecular weight is 435 g/mol. The van der Waals surface area contributed by atoms with Crippen LogP contribution in [0.5, 0.6) is 0 Å². The van der Waals surface area contributed by atoms with E-state index in [2.05, 4.69) is 65.5 Å². The molecule has 0 amide bonds. The topological polar surface area (TPSA) is 58.6 Å². The maximum Gasteiger partial charge on any atom is 0.292 e. The first-order chi connectivity index (χ1) is 15.4. The lowest BCUT2D eigenvalue weighted by molar-refractivity contribution is -0.126. The van der Waals surface area contributed by atoms with Crippen LogP contribution in [0, 0.1) is 26.7 Å². The van der Waals surface area contributed by atoms with Crippen molar-refractivity contribution in [3.8, 4) is 0 Å². The average Bonchev–Trinajstić information content (AvgIpc) is 2.81. The highest BCUT2D eigenvalue weighted by atomic mass is 16.5. The molecule has 2 atom stereocenters. The Hall–Kier alpha value is -2.99. The molecule has 2 aliphatic heterocycles. The van der Waals surface area contributed by atoms with Crippen molar-refractivity contribution < 1.29 is 9.53 Å². The zero-order valence-electron chi connectivity index (χ0n) is 19.8. The lowest BCUT2D eigenvalue weighted by Crippen LogP contribution is -2.62. The number of aromatic nitrogens is 2. The van der Waals surface area contributed by atoms with Crippen LogP contribution in [0.1, 0.15) is 23.1 Å². The molecule has 32 heavy (non-hydrogen) atoms. The Balaban J connectivity index is 0.000000186. The number of aryl methyl sites for hydroxylation is 3. The number of anilines is 1. The van der Waals surface area contributed by atoms with Crippen LogP contribution < -0.4 is 4.90 Å². The van der Waals surface area contributed by atoms with Crippen LogP contribution in [0.15, 0.2) is 48.7 Å². The van der Waals surface area contributed by atoms with Crippen molar-refractivity contribution in [3.63, 3.8) is 0 Å². The van der Waals surface area contributed by atoms with Crippen molar-refractivity contribution in [2.75, 3.05) is 38.7 Å². The first kappa shape index (κ1) is 23.7. The van der Waals surface area contributed by atoms with Gasteiger partial charge in [0.15, 0.2) is 0 Å². The summed E-state index contributed by atoms with van der Waals surface area (Å²) in [5.74, 6) is 1.92. The van der Waals surface area contributed by atoms with Gasteiger partial charge in [-0.3, -0.25) is 9.78 Å². The Morgan fingerprint density at radius 3 is 2.38 bits per heavy atom. The molecule has 0 N–H and O–H groups in total. The smallest absolute Gasteiger partial charge is 0.292 e. The van der Waals surface area contributed by atoms with Crippen molar-refractivity contribution in [1.82, 2.24) is 14.9 Å². The highest BCUT2D eigenvalue weighted by Crippen LogP contribution is 2.32. The summed E-state index contributed by atoms with van der Waals surface area (Å²) >= 11 is 0. The van der Waals surface area contributed by atoms with Gasteiger partial charge in [0.1, 0.15) is 5.82 Å². The van der Waals surface area contributed by atoms with Gasteiger partial charge < -0.3 is 14.5 Å². The number of para-hydroxylation sites is 2. The minimum Gasteiger partial charge on any atom is -0.471 e. The van der Waals surface area contributed by atoms with Gasteiger partial charge in [-0.25, -0.2) is 4.98 Å². The van der Waals surface area contributed by atoms with E-state index in [-0.39, 0.29) is 0 Å². The largest absolute Gasteiger partial charge is 0.471 e. The molecule has 5 rings (SSSR count). The molecule has 0 aliphatic carbocycles. The number of piperidine rings is 1. The maximum atomic E-state index is 8.95. The van der Waals surface area contributed by atoms with Crippen LogP contribution in [0.4, 0.5) is 5.82 Å². The number of methoxy groups -OCH3 is 1. The molecule has 0 radical (unpaired) electrons. The van der Waals surface area contributed by atoms with Gasteiger partial charge in [0.2, 0.25) is 0 Å². The summed E-state index contributed by atoms with van der Waals surface area (Å²) in [4.78, 5) is 23.1. The van der Waals surface area contributed by atoms with E-state index in [9.17, 15) is 0 Å². The molecule has 3 heterocycles. The van der Waals surface area contributed by atoms with Gasteiger partial charge in [-0.15, -0.1) is 0 Å². The summed E-state index contributed by atoms with van der Waals surface area (Å²) in [7, 11) is 3.53. The molecule has 2 unspecified atom stereocenters. The fourth-order valence-corrected chi connectivity index (χ4v) is 4.26. The Kier molecular flexibility index (Phi) is 8.17. The molecule has 2 saturated heterocycles. The minimum absolute atomic E-state index is 0.375. The highest BCUT2D eigenvalue weighted by Gasteiger charge is 2.40. The summed E-state index contributed by atoms with van der Waals surface area (Å²) < 4.78 is 3.86. The molecule has 1 aromatic heterocycles. The monoisotopic (exact) mass is 434 g/mol. The number of hydrogen-bond acceptors (Lipinski definition) is 6. The number of likely N-dealkylation sites (tertiary alicyclic amines) is 1. The van der Waals surface area contributed by atoms with E-state index < -0.39 is 0 Å². The van der Waals surface area contributed by atoms with Crippen molar-refractivity contribution in [2.24, 2.45) is 5.92 Å². The van der Waals surface area contributed by atoms with E-state index in [1.807, 2.05) is 30.5 Å². The third-order valence-electron chi connectivity index (χ3n) is 6.33. The standard InChI is InChI=1S/C15H18N4.C9H12.C2H4O2/c1-18-9-11-6-7-19(10-14(11)18)15-8-16-12-4-2-3-5-13(12)17-15;1-7-4-5-8(2)9(3)6-7;1-4-2-3/h2-5,8,11,14H,6-7,9-10H2,1H3;4-6H,1-3H3;2H,1H3. The Morgan fingerprint density at radius 2 is 1.75 bits per heavy atom. The zero-order valence-corrected chi connectivity index (χ0v) is 19.8. The number of carbonyl (C=O) groups excluding carboxylic acids is 1. The van der Waals surface area contributed by atoms with Crippen LogP contribution in [0.2, 0.25) is 0 Å². The maximum absolute atomic E-state index is 8.95. The van der Waals surface area contributed by atoms with Gasteiger partial charge in [-0.2, -0.15) is 0 Å². The number of likely N-dealkylation sites (N-methyl/N-ethyl adjacent to an activating group) is 1. The van der Waals surface area contributed by atoms with E-state index in [4.69, 9.17) is 9.78 Å². The first-order valence-electron chi connectivity index (χ1n) is 11.1. The van der Waals surface area contributed by atoms with Crippen molar-refractivity contribution in [3.05, 3.63) is 65.4 Å². The van der Waals surface area contributed by atoms with E-state index in [1.165, 1.54) is 36.8 Å².